The van der Waals surface area contributed by atoms with Crippen LogP contribution in [0.1, 0.15) is 355 Å². The van der Waals surface area contributed by atoms with E-state index in [1.807, 2.05) is 0 Å². The third-order valence-electron chi connectivity index (χ3n) is 14.7. The van der Waals surface area contributed by atoms with Gasteiger partial charge in [-0.2, -0.15) is 0 Å². The van der Waals surface area contributed by atoms with Crippen LogP contribution in [-0.2, 0) is 28.6 Å². The quantitative estimate of drug-likeness (QED) is 0.0261. The van der Waals surface area contributed by atoms with Crippen molar-refractivity contribution in [3.63, 3.8) is 0 Å². The van der Waals surface area contributed by atoms with E-state index in [4.69, 9.17) is 14.2 Å². The Labute approximate surface area is 455 Å². The number of allylic oxidation sites excluding steroid dienone is 6. The Morgan fingerprint density at radius 1 is 0.288 bits per heavy atom. The molecule has 0 N–H and O–H groups in total. The Bertz CT molecular complexity index is 1220. The molecule has 0 aliphatic rings. The van der Waals surface area contributed by atoms with Crippen LogP contribution in [0.25, 0.3) is 0 Å². The van der Waals surface area contributed by atoms with Gasteiger partial charge in [0, 0.05) is 19.3 Å². The van der Waals surface area contributed by atoms with E-state index in [9.17, 15) is 14.4 Å². The highest BCUT2D eigenvalue weighted by Crippen LogP contribution is 2.18. The van der Waals surface area contributed by atoms with Gasteiger partial charge >= 0.3 is 17.9 Å². The van der Waals surface area contributed by atoms with Gasteiger partial charge in [0.25, 0.3) is 0 Å². The monoisotopic (exact) mass is 1020 g/mol. The van der Waals surface area contributed by atoms with Crippen LogP contribution in [0.4, 0.5) is 0 Å². The van der Waals surface area contributed by atoms with Gasteiger partial charge in [0.05, 0.1) is 0 Å². The number of esters is 3. The van der Waals surface area contributed by atoms with Crippen LogP contribution in [-0.4, -0.2) is 37.2 Å². The summed E-state index contributed by atoms with van der Waals surface area (Å²) in [5, 5.41) is 0. The molecule has 6 nitrogen and oxygen atoms in total. The third-order valence-corrected chi connectivity index (χ3v) is 14.7. The predicted molar refractivity (Wildman–Crippen MR) is 316 cm³/mol. The second-order valence-electron chi connectivity index (χ2n) is 22.0. The number of ether oxygens (including phenoxy) is 3. The van der Waals surface area contributed by atoms with Crippen LogP contribution >= 0.6 is 0 Å². The van der Waals surface area contributed by atoms with Crippen LogP contribution in [0.5, 0.6) is 0 Å². The van der Waals surface area contributed by atoms with E-state index < -0.39 is 6.10 Å². The molecular weight excluding hydrogens is 901 g/mol. The number of hydrogen-bond donors (Lipinski definition) is 0. The van der Waals surface area contributed by atoms with Crippen molar-refractivity contribution in [2.45, 2.75) is 361 Å². The Morgan fingerprint density at radius 2 is 0.534 bits per heavy atom. The van der Waals surface area contributed by atoms with Crippen molar-refractivity contribution >= 4 is 17.9 Å². The van der Waals surface area contributed by atoms with Gasteiger partial charge < -0.3 is 14.2 Å². The van der Waals surface area contributed by atoms with Crippen LogP contribution in [0.3, 0.4) is 0 Å². The molecule has 428 valence electrons. The topological polar surface area (TPSA) is 78.9 Å². The van der Waals surface area contributed by atoms with Gasteiger partial charge in [0.1, 0.15) is 13.2 Å². The van der Waals surface area contributed by atoms with Crippen molar-refractivity contribution < 1.29 is 28.6 Å². The summed E-state index contributed by atoms with van der Waals surface area (Å²) in [6.07, 6.45) is 75.8. The maximum absolute atomic E-state index is 12.9. The first-order valence-electron chi connectivity index (χ1n) is 32.5. The van der Waals surface area contributed by atoms with Crippen molar-refractivity contribution in [1.29, 1.82) is 0 Å². The first-order valence-corrected chi connectivity index (χ1v) is 32.5. The van der Waals surface area contributed by atoms with Crippen molar-refractivity contribution in [1.82, 2.24) is 0 Å². The lowest BCUT2D eigenvalue weighted by molar-refractivity contribution is -0.167. The molecule has 0 aliphatic carbocycles. The number of unbranched alkanes of at least 4 members (excludes halogenated alkanes) is 43. The van der Waals surface area contributed by atoms with E-state index in [0.29, 0.717) is 19.3 Å². The Hall–Kier alpha value is -2.37. The number of carbonyl (C=O) groups is 3. The molecule has 0 amide bonds. The van der Waals surface area contributed by atoms with E-state index >= 15 is 0 Å². The first-order chi connectivity index (χ1) is 36.0. The smallest absolute Gasteiger partial charge is 0.306 e. The van der Waals surface area contributed by atoms with Gasteiger partial charge in [-0.15, -0.1) is 0 Å². The molecule has 0 saturated carbocycles. The van der Waals surface area contributed by atoms with Gasteiger partial charge in [-0.25, -0.2) is 0 Å². The highest BCUT2D eigenvalue weighted by molar-refractivity contribution is 5.71. The molecule has 0 aliphatic heterocycles. The van der Waals surface area contributed by atoms with Crippen LogP contribution in [0.15, 0.2) is 36.5 Å². The lowest BCUT2D eigenvalue weighted by atomic mass is 10.0. The molecule has 0 aromatic heterocycles. The molecule has 0 bridgehead atoms. The standard InChI is InChI=1S/C67H124O6/c1-4-7-10-13-16-19-22-25-28-30-32-33-34-35-37-39-42-45-48-51-54-57-60-66(69)72-63-64(62-71-65(68)59-56-53-50-47-44-41-38-27-24-21-18-15-12-9-6-3)73-67(70)61-58-55-52-49-46-43-40-36-31-29-26-23-20-17-14-11-8-5-2/h9,12,18,21,27,38,64H,4-8,10-11,13-17,19-20,22-26,28-37,39-63H2,1-3H3/b12-9-,21-18-,38-27-. The number of rotatable bonds is 60. The minimum Gasteiger partial charge on any atom is -0.462 e. The van der Waals surface area contributed by atoms with Gasteiger partial charge in [0.2, 0.25) is 0 Å². The van der Waals surface area contributed by atoms with Crippen LogP contribution in [0.2, 0.25) is 0 Å². The van der Waals surface area contributed by atoms with E-state index in [0.717, 1.165) is 96.3 Å². The molecule has 0 rings (SSSR count). The molecule has 0 fully saturated rings. The zero-order valence-corrected chi connectivity index (χ0v) is 49.2. The summed E-state index contributed by atoms with van der Waals surface area (Å²) in [5.74, 6) is -0.863. The molecule has 1 atom stereocenters. The summed E-state index contributed by atoms with van der Waals surface area (Å²) in [6.45, 7) is 6.59. The second kappa shape index (κ2) is 62.2. The molecule has 0 heterocycles. The lowest BCUT2D eigenvalue weighted by Crippen LogP contribution is -2.30. The average Bonchev–Trinajstić information content (AvgIpc) is 3.39. The maximum atomic E-state index is 12.9. The van der Waals surface area contributed by atoms with Crippen molar-refractivity contribution in [3.05, 3.63) is 36.5 Å². The minimum atomic E-state index is -0.776. The summed E-state index contributed by atoms with van der Waals surface area (Å²) < 4.78 is 16.9. The average molecular weight is 1030 g/mol. The minimum absolute atomic E-state index is 0.0721. The summed E-state index contributed by atoms with van der Waals surface area (Å²) in [4.78, 5) is 38.3. The molecular formula is C67H124O6. The Kier molecular flexibility index (Phi) is 60.2. The summed E-state index contributed by atoms with van der Waals surface area (Å²) in [7, 11) is 0. The molecule has 73 heavy (non-hydrogen) atoms. The van der Waals surface area contributed by atoms with Crippen molar-refractivity contribution in [2.24, 2.45) is 0 Å². The van der Waals surface area contributed by atoms with Crippen molar-refractivity contribution in [2.75, 3.05) is 13.2 Å². The largest absolute Gasteiger partial charge is 0.462 e. The van der Waals surface area contributed by atoms with Gasteiger partial charge in [0.15, 0.2) is 6.10 Å². The first kappa shape index (κ1) is 70.6. The molecule has 1 unspecified atom stereocenters. The zero-order chi connectivity index (χ0) is 52.9. The lowest BCUT2D eigenvalue weighted by Gasteiger charge is -2.18. The molecule has 0 radical (unpaired) electrons. The normalized spacial score (nSPS) is 12.2. The molecule has 0 aromatic carbocycles. The van der Waals surface area contributed by atoms with Gasteiger partial charge in [-0.3, -0.25) is 14.4 Å². The fourth-order valence-electron chi connectivity index (χ4n) is 9.81. The molecule has 6 heteroatoms. The number of carbonyl (C=O) groups excluding carboxylic acids is 3. The molecule has 0 saturated heterocycles. The summed E-state index contributed by atoms with van der Waals surface area (Å²) in [5.41, 5.74) is 0. The molecule has 0 aromatic rings. The Balaban J connectivity index is 4.29. The Morgan fingerprint density at radius 3 is 0.836 bits per heavy atom. The number of hydrogen-bond acceptors (Lipinski definition) is 6. The fourth-order valence-corrected chi connectivity index (χ4v) is 9.81. The summed E-state index contributed by atoms with van der Waals surface area (Å²) in [6, 6.07) is 0. The third kappa shape index (κ3) is 60.4. The van der Waals surface area contributed by atoms with Crippen LogP contribution < -0.4 is 0 Å². The SMILES string of the molecule is CC/C=C\C/C=C\C/C=C\CCCCCCCC(=O)OCC(COC(=O)CCCCCCCCCCCCCCCCCCCCCCCC)OC(=O)CCCCCCCCCCCCCCCCCCCC. The van der Waals surface area contributed by atoms with E-state index in [1.165, 1.54) is 218 Å². The van der Waals surface area contributed by atoms with Gasteiger partial charge in [-0.1, -0.05) is 320 Å². The van der Waals surface area contributed by atoms with Crippen molar-refractivity contribution in [3.8, 4) is 0 Å². The highest BCUT2D eigenvalue weighted by Gasteiger charge is 2.19. The highest BCUT2D eigenvalue weighted by atomic mass is 16.6. The maximum Gasteiger partial charge on any atom is 0.306 e. The summed E-state index contributed by atoms with van der Waals surface area (Å²) >= 11 is 0. The zero-order valence-electron chi connectivity index (χ0n) is 49.2. The second-order valence-corrected chi connectivity index (χ2v) is 22.0. The van der Waals surface area contributed by atoms with Gasteiger partial charge in [-0.05, 0) is 51.4 Å². The van der Waals surface area contributed by atoms with E-state index in [2.05, 4.69) is 57.2 Å². The van der Waals surface area contributed by atoms with Crippen LogP contribution in [0, 0.1) is 0 Å². The fraction of sp³-hybridized carbons (Fsp3) is 0.866. The predicted octanol–water partition coefficient (Wildman–Crippen LogP) is 22.0. The van der Waals surface area contributed by atoms with E-state index in [-0.39, 0.29) is 31.1 Å². The molecule has 0 spiro atoms. The van der Waals surface area contributed by atoms with E-state index in [1.54, 1.807) is 0 Å².